The fourth-order valence-corrected chi connectivity index (χ4v) is 4.45. The Morgan fingerprint density at radius 1 is 1.46 bits per heavy atom. The molecule has 1 heterocycles. The molecule has 1 aromatic rings. The molecular weight excluding hydrogens is 401 g/mol. The van der Waals surface area contributed by atoms with E-state index in [2.05, 4.69) is 25.6 Å². The molecule has 1 fully saturated rings. The topological polar surface area (TPSA) is 92.5 Å². The Morgan fingerprint density at radius 3 is 2.92 bits per heavy atom. The van der Waals surface area contributed by atoms with Gasteiger partial charge in [-0.3, -0.25) is 4.79 Å². The molecule has 0 aromatic heterocycles. The molecule has 1 unspecified atom stereocenters. The summed E-state index contributed by atoms with van der Waals surface area (Å²) in [5, 5.41) is 0. The molecule has 1 amide bonds. The lowest BCUT2D eigenvalue weighted by molar-refractivity contribution is -0.123. The van der Waals surface area contributed by atoms with Crippen molar-refractivity contribution in [2.24, 2.45) is 11.7 Å². The zero-order valence-corrected chi connectivity index (χ0v) is 15.6. The van der Waals surface area contributed by atoms with Crippen molar-refractivity contribution in [3.63, 3.8) is 0 Å². The van der Waals surface area contributed by atoms with Gasteiger partial charge in [-0.2, -0.15) is 0 Å². The first-order valence-corrected chi connectivity index (χ1v) is 10.0. The van der Waals surface area contributed by atoms with Crippen LogP contribution < -0.4 is 10.5 Å². The molecule has 1 aliphatic rings. The minimum absolute atomic E-state index is 0.133. The fourth-order valence-electron chi connectivity index (χ4n) is 2.76. The number of benzene rings is 1. The average Bonchev–Trinajstić information content (AvgIpc) is 2.54. The third-order valence-corrected chi connectivity index (χ3v) is 6.00. The predicted octanol–water partition coefficient (Wildman–Crippen LogP) is 1.45. The molecule has 0 spiro atoms. The molecule has 9 heteroatoms. The summed E-state index contributed by atoms with van der Waals surface area (Å²) >= 11 is 3.14. The number of primary amides is 1. The molecule has 134 valence electrons. The van der Waals surface area contributed by atoms with E-state index in [4.69, 9.17) is 5.73 Å². The number of nitrogens with two attached hydrogens (primary N) is 1. The van der Waals surface area contributed by atoms with E-state index in [1.54, 1.807) is 0 Å². The number of hydrogen-bond donors (Lipinski definition) is 2. The lowest BCUT2D eigenvalue weighted by Gasteiger charge is -2.31. The number of carbonyl (C=O) groups excluding carboxylic acids is 1. The molecule has 1 atom stereocenters. The molecule has 1 aliphatic heterocycles. The van der Waals surface area contributed by atoms with Crippen LogP contribution in [0.4, 0.5) is 4.39 Å². The minimum Gasteiger partial charge on any atom is -0.369 e. The van der Waals surface area contributed by atoms with E-state index in [1.807, 2.05) is 0 Å². The lowest BCUT2D eigenvalue weighted by Crippen LogP contribution is -2.42. The van der Waals surface area contributed by atoms with Gasteiger partial charge in [-0.1, -0.05) is 15.9 Å². The molecular formula is C15H21BrFN3O3S. The second-order valence-corrected chi connectivity index (χ2v) is 8.52. The summed E-state index contributed by atoms with van der Waals surface area (Å²) in [5.74, 6) is -1.21. The Bertz CT molecular complexity index is 699. The number of halogens is 2. The van der Waals surface area contributed by atoms with Gasteiger partial charge in [0.15, 0.2) is 0 Å². The third-order valence-electron chi connectivity index (χ3n) is 4.03. The van der Waals surface area contributed by atoms with Crippen LogP contribution in [-0.4, -0.2) is 45.4 Å². The van der Waals surface area contributed by atoms with Gasteiger partial charge in [0.2, 0.25) is 15.9 Å². The normalized spacial score (nSPS) is 19.3. The number of piperidine rings is 1. The highest BCUT2D eigenvalue weighted by atomic mass is 79.9. The quantitative estimate of drug-likeness (QED) is 0.651. The van der Waals surface area contributed by atoms with E-state index in [0.717, 1.165) is 25.5 Å². The number of likely N-dealkylation sites (tertiary alicyclic amines) is 1. The van der Waals surface area contributed by atoms with E-state index in [0.29, 0.717) is 24.0 Å². The van der Waals surface area contributed by atoms with E-state index < -0.39 is 15.8 Å². The SMILES string of the molecule is NC(=O)C1CCCN(CCCNS(=O)(=O)c2cc(Br)ccc2F)C1. The molecule has 0 aliphatic carbocycles. The summed E-state index contributed by atoms with van der Waals surface area (Å²) in [6.07, 6.45) is 2.28. The summed E-state index contributed by atoms with van der Waals surface area (Å²) in [6.45, 7) is 2.35. The van der Waals surface area contributed by atoms with E-state index >= 15 is 0 Å². The maximum Gasteiger partial charge on any atom is 0.243 e. The van der Waals surface area contributed by atoms with Gasteiger partial charge < -0.3 is 10.6 Å². The van der Waals surface area contributed by atoms with Gasteiger partial charge in [0.25, 0.3) is 0 Å². The van der Waals surface area contributed by atoms with Crippen molar-refractivity contribution < 1.29 is 17.6 Å². The summed E-state index contributed by atoms with van der Waals surface area (Å²) < 4.78 is 40.9. The van der Waals surface area contributed by atoms with Crippen molar-refractivity contribution in [1.29, 1.82) is 0 Å². The van der Waals surface area contributed by atoms with Gasteiger partial charge in [0.05, 0.1) is 5.92 Å². The molecule has 3 N–H and O–H groups in total. The Balaban J connectivity index is 1.83. The average molecular weight is 422 g/mol. The van der Waals surface area contributed by atoms with Crippen LogP contribution in [0, 0.1) is 11.7 Å². The van der Waals surface area contributed by atoms with Gasteiger partial charge in [-0.15, -0.1) is 0 Å². The molecule has 6 nitrogen and oxygen atoms in total. The number of nitrogens with one attached hydrogen (secondary N) is 1. The van der Waals surface area contributed by atoms with Gasteiger partial charge in [0.1, 0.15) is 10.7 Å². The van der Waals surface area contributed by atoms with Gasteiger partial charge >= 0.3 is 0 Å². The first kappa shape index (κ1) is 19.3. The summed E-state index contributed by atoms with van der Waals surface area (Å²) in [5.41, 5.74) is 5.34. The number of hydrogen-bond acceptors (Lipinski definition) is 4. The number of nitrogens with zero attached hydrogens (tertiary/aromatic N) is 1. The maximum atomic E-state index is 13.7. The van der Waals surface area contributed by atoms with Gasteiger partial charge in [-0.05, 0) is 50.6 Å². The van der Waals surface area contributed by atoms with Crippen molar-refractivity contribution >= 4 is 31.9 Å². The van der Waals surface area contributed by atoms with Crippen molar-refractivity contribution in [3.8, 4) is 0 Å². The second kappa shape index (κ2) is 8.37. The summed E-state index contributed by atoms with van der Waals surface area (Å²) in [4.78, 5) is 13.0. The van der Waals surface area contributed by atoms with E-state index in [1.165, 1.54) is 12.1 Å². The predicted molar refractivity (Wildman–Crippen MR) is 92.3 cm³/mol. The molecule has 1 aromatic carbocycles. The van der Waals surface area contributed by atoms with Crippen molar-refractivity contribution in [1.82, 2.24) is 9.62 Å². The highest BCUT2D eigenvalue weighted by molar-refractivity contribution is 9.10. The molecule has 0 radical (unpaired) electrons. The monoisotopic (exact) mass is 421 g/mol. The molecule has 0 saturated carbocycles. The first-order chi connectivity index (χ1) is 11.3. The maximum absolute atomic E-state index is 13.7. The zero-order chi connectivity index (χ0) is 17.7. The van der Waals surface area contributed by atoms with Crippen molar-refractivity contribution in [2.75, 3.05) is 26.2 Å². The van der Waals surface area contributed by atoms with Crippen LogP contribution in [0.1, 0.15) is 19.3 Å². The summed E-state index contributed by atoms with van der Waals surface area (Å²) in [6, 6.07) is 3.79. The van der Waals surface area contributed by atoms with Crippen LogP contribution in [0.3, 0.4) is 0 Å². The van der Waals surface area contributed by atoms with Crippen LogP contribution in [0.5, 0.6) is 0 Å². The van der Waals surface area contributed by atoms with Crippen LogP contribution in [0.2, 0.25) is 0 Å². The van der Waals surface area contributed by atoms with E-state index in [-0.39, 0.29) is 23.3 Å². The molecule has 2 rings (SSSR count). The highest BCUT2D eigenvalue weighted by Gasteiger charge is 2.24. The molecule has 1 saturated heterocycles. The number of carbonyl (C=O) groups is 1. The number of sulfonamides is 1. The van der Waals surface area contributed by atoms with Gasteiger partial charge in [-0.25, -0.2) is 17.5 Å². The Labute approximate surface area is 149 Å². The first-order valence-electron chi connectivity index (χ1n) is 7.76. The fraction of sp³-hybridized carbons (Fsp3) is 0.533. The minimum atomic E-state index is -3.89. The number of rotatable bonds is 7. The zero-order valence-electron chi connectivity index (χ0n) is 13.2. The van der Waals surface area contributed by atoms with Crippen molar-refractivity contribution in [3.05, 3.63) is 28.5 Å². The van der Waals surface area contributed by atoms with Crippen LogP contribution in [0.15, 0.2) is 27.6 Å². The second-order valence-electron chi connectivity index (χ2n) is 5.87. The summed E-state index contributed by atoms with van der Waals surface area (Å²) in [7, 11) is -3.89. The Morgan fingerprint density at radius 2 is 2.21 bits per heavy atom. The van der Waals surface area contributed by atoms with Gasteiger partial charge in [0, 0.05) is 17.6 Å². The Hall–Kier alpha value is -1.03. The van der Waals surface area contributed by atoms with Crippen LogP contribution in [0.25, 0.3) is 0 Å². The standard InChI is InChI=1S/C15H21BrFN3O3S/c16-12-4-5-13(17)14(9-12)24(22,23)19-6-2-8-20-7-1-3-11(10-20)15(18)21/h4-5,9,11,19H,1-3,6-8,10H2,(H2,18,21). The largest absolute Gasteiger partial charge is 0.369 e. The molecule has 0 bridgehead atoms. The lowest BCUT2D eigenvalue weighted by atomic mass is 9.97. The molecule has 24 heavy (non-hydrogen) atoms. The van der Waals surface area contributed by atoms with E-state index in [9.17, 15) is 17.6 Å². The van der Waals surface area contributed by atoms with Crippen LogP contribution in [-0.2, 0) is 14.8 Å². The number of amides is 1. The van der Waals surface area contributed by atoms with Crippen LogP contribution >= 0.6 is 15.9 Å². The third kappa shape index (κ3) is 5.23. The Kier molecular flexibility index (Phi) is 6.73. The van der Waals surface area contributed by atoms with Crippen molar-refractivity contribution in [2.45, 2.75) is 24.2 Å². The highest BCUT2D eigenvalue weighted by Crippen LogP contribution is 2.20. The smallest absolute Gasteiger partial charge is 0.243 e.